The minimum Gasteiger partial charge on any atom is -0.391 e. The number of carbonyl (C=O) groups excluding carboxylic acids is 1. The second-order valence-corrected chi connectivity index (χ2v) is 6.60. The maximum absolute atomic E-state index is 12.2. The van der Waals surface area contributed by atoms with Crippen LogP contribution in [0.25, 0.3) is 0 Å². The van der Waals surface area contributed by atoms with Crippen LogP contribution in [-0.4, -0.2) is 67.3 Å². The second kappa shape index (κ2) is 12.0. The van der Waals surface area contributed by atoms with Crippen LogP contribution in [0.1, 0.15) is 58.8 Å². The van der Waals surface area contributed by atoms with Gasteiger partial charge in [-0.2, -0.15) is 0 Å². The summed E-state index contributed by atoms with van der Waals surface area (Å²) in [6.07, 6.45) is 8.02. The molecule has 0 heterocycles. The van der Waals surface area contributed by atoms with E-state index in [1.165, 1.54) is 32.1 Å². The summed E-state index contributed by atoms with van der Waals surface area (Å²) in [4.78, 5) is 14.2. The average molecular weight is 301 g/mol. The molecule has 0 rings (SSSR count). The van der Waals surface area contributed by atoms with E-state index in [-0.39, 0.29) is 12.5 Å². The summed E-state index contributed by atoms with van der Waals surface area (Å²) >= 11 is 0. The van der Waals surface area contributed by atoms with Crippen LogP contribution in [0, 0.1) is 0 Å². The zero-order chi connectivity index (χ0) is 16.1. The summed E-state index contributed by atoms with van der Waals surface area (Å²) in [6.45, 7) is 7.68. The van der Waals surface area contributed by atoms with Crippen molar-refractivity contribution in [1.29, 1.82) is 0 Å². The van der Waals surface area contributed by atoms with E-state index in [2.05, 4.69) is 21.0 Å². The Kier molecular flexibility index (Phi) is 11.6. The molecule has 126 valence electrons. The Morgan fingerprint density at radius 1 is 1.00 bits per heavy atom. The number of likely N-dealkylation sites (N-methyl/N-ethyl adjacent to an activating group) is 2. The first-order valence-electron chi connectivity index (χ1n) is 8.67. The van der Waals surface area contributed by atoms with Gasteiger partial charge in [0.1, 0.15) is 6.54 Å². The molecule has 0 unspecified atom stereocenters. The molecule has 0 saturated carbocycles. The molecule has 4 heteroatoms. The van der Waals surface area contributed by atoms with Gasteiger partial charge in [-0.25, -0.2) is 0 Å². The van der Waals surface area contributed by atoms with Crippen LogP contribution in [0.3, 0.4) is 0 Å². The highest BCUT2D eigenvalue weighted by atomic mass is 16.3. The number of aliphatic hydroxyl groups excluding tert-OH is 1. The van der Waals surface area contributed by atoms with Gasteiger partial charge in [0.15, 0.2) is 0 Å². The normalized spacial score (nSPS) is 11.7. The molecule has 0 atom stereocenters. The van der Waals surface area contributed by atoms with Crippen molar-refractivity contribution in [1.82, 2.24) is 4.90 Å². The third-order valence-corrected chi connectivity index (χ3v) is 4.16. The Balaban J connectivity index is 3.91. The summed E-state index contributed by atoms with van der Waals surface area (Å²) in [5.74, 6) is 0.289. The molecular weight excluding hydrogens is 264 g/mol. The quantitative estimate of drug-likeness (QED) is 0.420. The van der Waals surface area contributed by atoms with E-state index in [4.69, 9.17) is 5.11 Å². The van der Waals surface area contributed by atoms with Gasteiger partial charge in [0.25, 0.3) is 0 Å². The van der Waals surface area contributed by atoms with Crippen molar-refractivity contribution >= 4 is 5.91 Å². The summed E-state index contributed by atoms with van der Waals surface area (Å²) in [5.41, 5.74) is 0. The lowest BCUT2D eigenvalue weighted by molar-refractivity contribution is -0.890. The fraction of sp³-hybridized carbons (Fsp3) is 0.941. The molecule has 0 bridgehead atoms. The lowest BCUT2D eigenvalue weighted by atomic mass is 10.1. The van der Waals surface area contributed by atoms with Gasteiger partial charge < -0.3 is 14.5 Å². The van der Waals surface area contributed by atoms with Crippen molar-refractivity contribution in [2.45, 2.75) is 58.8 Å². The number of hydrogen-bond acceptors (Lipinski definition) is 2. The van der Waals surface area contributed by atoms with E-state index in [0.29, 0.717) is 6.42 Å². The van der Waals surface area contributed by atoms with Crippen molar-refractivity contribution in [3.8, 4) is 0 Å². The molecule has 0 aliphatic heterocycles. The van der Waals surface area contributed by atoms with Gasteiger partial charge in [-0.3, -0.25) is 4.79 Å². The molecule has 0 aliphatic carbocycles. The molecule has 0 aromatic carbocycles. The largest absolute Gasteiger partial charge is 0.391 e. The van der Waals surface area contributed by atoms with E-state index in [1.807, 2.05) is 11.8 Å². The number of nitrogens with zero attached hydrogens (tertiary/aromatic N) is 2. The fourth-order valence-corrected chi connectivity index (χ4v) is 2.45. The predicted octanol–water partition coefficient (Wildman–Crippen LogP) is 2.65. The highest BCUT2D eigenvalue weighted by Crippen LogP contribution is 2.09. The smallest absolute Gasteiger partial charge is 0.222 e. The number of unbranched alkanes of at least 4 members (excludes halogenated alkanes) is 5. The van der Waals surface area contributed by atoms with Crippen LogP contribution in [0.5, 0.6) is 0 Å². The highest BCUT2D eigenvalue weighted by molar-refractivity contribution is 5.76. The SMILES string of the molecule is CCCCCCCCC(=O)N(CC)CC[N+](C)(C)CCO. The third-order valence-electron chi connectivity index (χ3n) is 4.16. The van der Waals surface area contributed by atoms with Gasteiger partial charge in [-0.1, -0.05) is 39.0 Å². The van der Waals surface area contributed by atoms with E-state index in [1.54, 1.807) is 0 Å². The van der Waals surface area contributed by atoms with Crippen LogP contribution >= 0.6 is 0 Å². The minimum absolute atomic E-state index is 0.199. The Hall–Kier alpha value is -0.610. The zero-order valence-electron chi connectivity index (χ0n) is 14.7. The summed E-state index contributed by atoms with van der Waals surface area (Å²) in [5, 5.41) is 9.04. The zero-order valence-corrected chi connectivity index (χ0v) is 14.7. The van der Waals surface area contributed by atoms with E-state index in [0.717, 1.165) is 37.1 Å². The van der Waals surface area contributed by atoms with Crippen LogP contribution in [0.4, 0.5) is 0 Å². The van der Waals surface area contributed by atoms with Crippen molar-refractivity contribution < 1.29 is 14.4 Å². The van der Waals surface area contributed by atoms with Gasteiger partial charge >= 0.3 is 0 Å². The van der Waals surface area contributed by atoms with E-state index >= 15 is 0 Å². The molecule has 0 spiro atoms. The summed E-state index contributed by atoms with van der Waals surface area (Å²) in [7, 11) is 4.20. The Morgan fingerprint density at radius 2 is 1.62 bits per heavy atom. The number of rotatable bonds is 13. The van der Waals surface area contributed by atoms with Gasteiger partial charge in [0, 0.05) is 13.0 Å². The maximum Gasteiger partial charge on any atom is 0.222 e. The van der Waals surface area contributed by atoms with E-state index in [9.17, 15) is 4.79 Å². The van der Waals surface area contributed by atoms with Crippen molar-refractivity contribution in [3.63, 3.8) is 0 Å². The highest BCUT2D eigenvalue weighted by Gasteiger charge is 2.18. The average Bonchev–Trinajstić information content (AvgIpc) is 2.43. The Morgan fingerprint density at radius 3 is 2.19 bits per heavy atom. The lowest BCUT2D eigenvalue weighted by Gasteiger charge is -2.32. The maximum atomic E-state index is 12.2. The van der Waals surface area contributed by atoms with Gasteiger partial charge in [-0.05, 0) is 13.3 Å². The first-order valence-corrected chi connectivity index (χ1v) is 8.67. The molecule has 1 amide bonds. The Bertz CT molecular complexity index is 268. The monoisotopic (exact) mass is 301 g/mol. The van der Waals surface area contributed by atoms with Crippen LogP contribution < -0.4 is 0 Å². The molecule has 4 nitrogen and oxygen atoms in total. The topological polar surface area (TPSA) is 40.5 Å². The van der Waals surface area contributed by atoms with Crippen LogP contribution in [0.2, 0.25) is 0 Å². The number of amides is 1. The summed E-state index contributed by atoms with van der Waals surface area (Å²) < 4.78 is 0.761. The van der Waals surface area contributed by atoms with Crippen molar-refractivity contribution in [2.75, 3.05) is 46.9 Å². The molecule has 0 radical (unpaired) electrons. The molecular formula is C17H37N2O2+. The number of quaternary nitrogens is 1. The Labute approximate surface area is 131 Å². The molecule has 0 saturated heterocycles. The number of carbonyl (C=O) groups is 1. The minimum atomic E-state index is 0.199. The van der Waals surface area contributed by atoms with Gasteiger partial charge in [-0.15, -0.1) is 0 Å². The molecule has 1 N–H and O–H groups in total. The van der Waals surface area contributed by atoms with Crippen LogP contribution in [0.15, 0.2) is 0 Å². The third kappa shape index (κ3) is 10.7. The molecule has 0 fully saturated rings. The van der Waals surface area contributed by atoms with Crippen molar-refractivity contribution in [2.24, 2.45) is 0 Å². The first kappa shape index (κ1) is 20.4. The second-order valence-electron chi connectivity index (χ2n) is 6.60. The fourth-order valence-electron chi connectivity index (χ4n) is 2.45. The summed E-state index contributed by atoms with van der Waals surface area (Å²) in [6, 6.07) is 0. The standard InChI is InChI=1S/C17H37N2O2/c1-5-7-8-9-10-11-12-17(21)18(6-2)13-14-19(3,4)15-16-20/h20H,5-16H2,1-4H3/q+1. The molecule has 0 aromatic rings. The van der Waals surface area contributed by atoms with Crippen LogP contribution in [-0.2, 0) is 4.79 Å². The predicted molar refractivity (Wildman–Crippen MR) is 89.2 cm³/mol. The van der Waals surface area contributed by atoms with Gasteiger partial charge in [0.05, 0.1) is 33.8 Å². The first-order chi connectivity index (χ1) is 9.96. The van der Waals surface area contributed by atoms with Gasteiger partial charge in [0.2, 0.25) is 5.91 Å². The molecule has 0 aromatic heterocycles. The number of aliphatic hydroxyl groups is 1. The molecule has 21 heavy (non-hydrogen) atoms. The number of hydrogen-bond donors (Lipinski definition) is 1. The van der Waals surface area contributed by atoms with E-state index < -0.39 is 0 Å². The lowest BCUT2D eigenvalue weighted by Crippen LogP contribution is -2.48. The molecule has 0 aliphatic rings. The van der Waals surface area contributed by atoms with Crippen molar-refractivity contribution in [3.05, 3.63) is 0 Å².